The fourth-order valence-corrected chi connectivity index (χ4v) is 3.61. The van der Waals surface area contributed by atoms with Crippen molar-refractivity contribution in [2.24, 2.45) is 0 Å². The van der Waals surface area contributed by atoms with Gasteiger partial charge in [-0.25, -0.2) is 13.6 Å². The van der Waals surface area contributed by atoms with Crippen LogP contribution in [-0.2, 0) is 11.3 Å². The first kappa shape index (κ1) is 20.1. The summed E-state index contributed by atoms with van der Waals surface area (Å²) >= 11 is 5.74. The van der Waals surface area contributed by atoms with E-state index in [2.05, 4.69) is 0 Å². The number of rotatable bonds is 4. The Balaban J connectivity index is 2.18. The quantitative estimate of drug-likeness (QED) is 0.774. The number of nitrogens with zero attached hydrogens (tertiary/aromatic N) is 3. The monoisotopic (exact) mass is 413 g/mol. The molecule has 1 saturated heterocycles. The maximum Gasteiger partial charge on any atom is 0.341 e. The van der Waals surface area contributed by atoms with Gasteiger partial charge in [-0.2, -0.15) is 0 Å². The van der Waals surface area contributed by atoms with E-state index in [9.17, 15) is 23.9 Å². The maximum absolute atomic E-state index is 15.4. The number of carbonyl (C=O) groups excluding carboxylic acids is 1. The molecule has 0 radical (unpaired) electrons. The van der Waals surface area contributed by atoms with Gasteiger partial charge in [0.05, 0.1) is 10.9 Å². The molecule has 1 aromatic heterocycles. The summed E-state index contributed by atoms with van der Waals surface area (Å²) in [7, 11) is 0. The predicted octanol–water partition coefficient (Wildman–Crippen LogP) is 1.89. The second kappa shape index (κ2) is 7.75. The highest BCUT2D eigenvalue weighted by Crippen LogP contribution is 2.31. The zero-order valence-corrected chi connectivity index (χ0v) is 15.8. The molecule has 1 aromatic carbocycles. The number of halogens is 3. The third kappa shape index (κ3) is 3.42. The Morgan fingerprint density at radius 2 is 1.86 bits per heavy atom. The third-order valence-corrected chi connectivity index (χ3v) is 5.00. The van der Waals surface area contributed by atoms with Crippen LogP contribution in [-0.4, -0.2) is 58.5 Å². The molecule has 1 aliphatic rings. The molecule has 0 aliphatic carbocycles. The van der Waals surface area contributed by atoms with Gasteiger partial charge < -0.3 is 19.5 Å². The van der Waals surface area contributed by atoms with E-state index in [1.165, 1.54) is 16.4 Å². The highest BCUT2D eigenvalue weighted by atomic mass is 35.5. The normalized spacial score (nSPS) is 14.6. The Morgan fingerprint density at radius 1 is 1.21 bits per heavy atom. The van der Waals surface area contributed by atoms with Crippen LogP contribution in [0.15, 0.2) is 17.1 Å². The highest BCUT2D eigenvalue weighted by Gasteiger charge is 2.27. The maximum atomic E-state index is 15.4. The molecule has 0 spiro atoms. The molecule has 1 fully saturated rings. The topological polar surface area (TPSA) is 82.8 Å². The van der Waals surface area contributed by atoms with E-state index in [-0.39, 0.29) is 48.0 Å². The molecule has 28 heavy (non-hydrogen) atoms. The van der Waals surface area contributed by atoms with Crippen LogP contribution in [0, 0.1) is 11.6 Å². The first-order chi connectivity index (χ1) is 13.3. The Hall–Kier alpha value is -2.68. The van der Waals surface area contributed by atoms with Gasteiger partial charge in [-0.15, -0.1) is 11.6 Å². The smallest absolute Gasteiger partial charge is 0.341 e. The molecule has 0 atom stereocenters. The number of piperazine rings is 1. The summed E-state index contributed by atoms with van der Waals surface area (Å²) < 4.78 is 31.3. The molecular weight excluding hydrogens is 396 g/mol. The van der Waals surface area contributed by atoms with E-state index in [0.29, 0.717) is 13.1 Å². The van der Waals surface area contributed by atoms with Crippen molar-refractivity contribution in [3.8, 4) is 0 Å². The Morgan fingerprint density at radius 3 is 2.39 bits per heavy atom. The molecule has 150 valence electrons. The van der Waals surface area contributed by atoms with Gasteiger partial charge in [0.25, 0.3) is 0 Å². The summed E-state index contributed by atoms with van der Waals surface area (Å²) in [6.45, 7) is 2.56. The zero-order valence-electron chi connectivity index (χ0n) is 15.0. The van der Waals surface area contributed by atoms with Crippen LogP contribution in [0.3, 0.4) is 0 Å². The number of aryl methyl sites for hydroxylation is 1. The molecule has 1 amide bonds. The number of aromatic nitrogens is 1. The van der Waals surface area contributed by atoms with Gasteiger partial charge in [0, 0.05) is 51.7 Å². The van der Waals surface area contributed by atoms with Crippen molar-refractivity contribution in [3.05, 3.63) is 39.7 Å². The number of alkyl halides is 1. The molecule has 0 saturated carbocycles. The summed E-state index contributed by atoms with van der Waals surface area (Å²) in [5, 5.41) is 8.85. The van der Waals surface area contributed by atoms with Gasteiger partial charge >= 0.3 is 5.97 Å². The van der Waals surface area contributed by atoms with Gasteiger partial charge in [-0.1, -0.05) is 0 Å². The molecule has 0 unspecified atom stereocenters. The van der Waals surface area contributed by atoms with Crippen molar-refractivity contribution in [1.29, 1.82) is 0 Å². The van der Waals surface area contributed by atoms with Gasteiger partial charge in [0.2, 0.25) is 11.3 Å². The first-order valence-electron chi connectivity index (χ1n) is 8.61. The molecule has 1 aliphatic heterocycles. The van der Waals surface area contributed by atoms with Crippen molar-refractivity contribution in [2.75, 3.05) is 37.0 Å². The molecule has 1 N–H and O–H groups in total. The molecule has 7 nitrogen and oxygen atoms in total. The first-order valence-corrected chi connectivity index (χ1v) is 9.14. The fourth-order valence-electron chi connectivity index (χ4n) is 3.43. The van der Waals surface area contributed by atoms with E-state index >= 15 is 4.39 Å². The average Bonchev–Trinajstić information content (AvgIpc) is 2.64. The molecular formula is C18H18ClF2N3O4. The summed E-state index contributed by atoms with van der Waals surface area (Å²) in [4.78, 5) is 38.2. The minimum atomic E-state index is -1.49. The highest BCUT2D eigenvalue weighted by molar-refractivity contribution is 6.17. The summed E-state index contributed by atoms with van der Waals surface area (Å²) in [5.74, 6) is -3.47. The molecule has 2 aromatic rings. The Labute approximate surface area is 163 Å². The fraction of sp³-hybridized carbons (Fsp3) is 0.389. The van der Waals surface area contributed by atoms with Crippen LogP contribution in [0.25, 0.3) is 10.9 Å². The lowest BCUT2D eigenvalue weighted by Gasteiger charge is -2.36. The number of fused-ring (bicyclic) bond motifs is 1. The Kier molecular flexibility index (Phi) is 5.55. The number of carbonyl (C=O) groups is 2. The number of carboxylic acid groups (broad SMARTS) is 1. The lowest BCUT2D eigenvalue weighted by molar-refractivity contribution is -0.129. The van der Waals surface area contributed by atoms with E-state index in [0.717, 1.165) is 12.3 Å². The van der Waals surface area contributed by atoms with E-state index in [4.69, 9.17) is 11.6 Å². The number of hydrogen-bond acceptors (Lipinski definition) is 4. The van der Waals surface area contributed by atoms with Crippen LogP contribution in [0.4, 0.5) is 14.5 Å². The van der Waals surface area contributed by atoms with Gasteiger partial charge in [0.1, 0.15) is 17.1 Å². The number of aromatic carboxylic acids is 1. The van der Waals surface area contributed by atoms with Crippen molar-refractivity contribution in [2.45, 2.75) is 13.5 Å². The average molecular weight is 414 g/mol. The van der Waals surface area contributed by atoms with E-state index in [1.807, 2.05) is 0 Å². The van der Waals surface area contributed by atoms with Crippen LogP contribution >= 0.6 is 11.6 Å². The number of benzene rings is 1. The second-order valence-corrected chi connectivity index (χ2v) is 6.85. The number of pyridine rings is 1. The number of carboxylic acids is 1. The standard InChI is InChI=1S/C18H18ClF2N3O4/c1-10(25)22-4-6-23(7-5-22)16-13(20)8-11-15(14(16)21)24(3-2-19)9-12(17(11)26)18(27)28/h8-9H,2-7H2,1H3,(H,27,28). The Bertz CT molecular complexity index is 1020. The zero-order chi connectivity index (χ0) is 20.6. The summed E-state index contributed by atoms with van der Waals surface area (Å²) in [6, 6.07) is 0.866. The number of hydrogen-bond donors (Lipinski definition) is 1. The molecule has 0 bridgehead atoms. The molecule has 2 heterocycles. The van der Waals surface area contributed by atoms with Crippen molar-refractivity contribution < 1.29 is 23.5 Å². The summed E-state index contributed by atoms with van der Waals surface area (Å²) in [5.41, 5.74) is -2.04. The van der Waals surface area contributed by atoms with Crippen molar-refractivity contribution in [1.82, 2.24) is 9.47 Å². The van der Waals surface area contributed by atoms with Crippen LogP contribution in [0.5, 0.6) is 0 Å². The number of amides is 1. The van der Waals surface area contributed by atoms with Gasteiger partial charge in [-0.05, 0) is 6.07 Å². The van der Waals surface area contributed by atoms with Crippen molar-refractivity contribution in [3.63, 3.8) is 0 Å². The van der Waals surface area contributed by atoms with Crippen molar-refractivity contribution >= 4 is 40.1 Å². The largest absolute Gasteiger partial charge is 0.477 e. The molecule has 10 heteroatoms. The van der Waals surface area contributed by atoms with Gasteiger partial charge in [0.15, 0.2) is 5.82 Å². The SMILES string of the molecule is CC(=O)N1CCN(c2c(F)cc3c(=O)c(C(=O)O)cn(CCCl)c3c2F)CC1. The number of anilines is 1. The van der Waals surface area contributed by atoms with E-state index < -0.39 is 28.6 Å². The van der Waals surface area contributed by atoms with Crippen LogP contribution in [0.2, 0.25) is 0 Å². The lowest BCUT2D eigenvalue weighted by Crippen LogP contribution is -2.48. The van der Waals surface area contributed by atoms with Crippen LogP contribution < -0.4 is 10.3 Å². The second-order valence-electron chi connectivity index (χ2n) is 6.47. The minimum Gasteiger partial charge on any atom is -0.477 e. The summed E-state index contributed by atoms with van der Waals surface area (Å²) in [6.07, 6.45) is 1.02. The van der Waals surface area contributed by atoms with Crippen LogP contribution in [0.1, 0.15) is 17.3 Å². The van der Waals surface area contributed by atoms with Gasteiger partial charge in [-0.3, -0.25) is 9.59 Å². The minimum absolute atomic E-state index is 0.0404. The van der Waals surface area contributed by atoms with E-state index in [1.54, 1.807) is 4.90 Å². The predicted molar refractivity (Wildman–Crippen MR) is 100 cm³/mol. The molecule has 3 rings (SSSR count). The third-order valence-electron chi connectivity index (χ3n) is 4.83. The lowest BCUT2D eigenvalue weighted by atomic mass is 10.1.